The lowest BCUT2D eigenvalue weighted by Crippen LogP contribution is -2.07. The molecular weight excluding hydrogens is 200 g/mol. The van der Waals surface area contributed by atoms with Gasteiger partial charge in [0.1, 0.15) is 4.88 Å². The van der Waals surface area contributed by atoms with Crippen molar-refractivity contribution in [1.82, 2.24) is 0 Å². The molecule has 1 rings (SSSR count). The molecule has 0 amide bonds. The van der Waals surface area contributed by atoms with Crippen LogP contribution >= 0.6 is 11.3 Å². The van der Waals surface area contributed by atoms with Crippen molar-refractivity contribution in [3.8, 4) is 0 Å². The summed E-state index contributed by atoms with van der Waals surface area (Å²) in [5.41, 5.74) is 6.13. The molecule has 4 nitrogen and oxygen atoms in total. The van der Waals surface area contributed by atoms with Crippen molar-refractivity contribution in [2.75, 3.05) is 18.2 Å². The molecule has 0 aliphatic carbocycles. The molecule has 0 atom stereocenters. The quantitative estimate of drug-likeness (QED) is 0.755. The summed E-state index contributed by atoms with van der Waals surface area (Å²) in [5, 5.41) is 4.06. The molecule has 0 fully saturated rings. The Kier molecular flexibility index (Phi) is 3.35. The van der Waals surface area contributed by atoms with Gasteiger partial charge in [-0.2, -0.15) is 0 Å². The molecule has 0 bridgehead atoms. The number of nitrogen functional groups attached to an aromatic ring is 1. The van der Waals surface area contributed by atoms with E-state index in [9.17, 15) is 4.79 Å². The average Bonchev–Trinajstić information content (AvgIpc) is 2.44. The molecule has 1 aromatic rings. The summed E-state index contributed by atoms with van der Waals surface area (Å²) in [7, 11) is 1.34. The molecule has 0 radical (unpaired) electrons. The van der Waals surface area contributed by atoms with Gasteiger partial charge >= 0.3 is 5.97 Å². The second-order valence-corrected chi connectivity index (χ2v) is 4.24. The van der Waals surface area contributed by atoms with Crippen LogP contribution in [0.3, 0.4) is 0 Å². The monoisotopic (exact) mass is 214 g/mol. The van der Waals surface area contributed by atoms with Gasteiger partial charge in [0.05, 0.1) is 17.8 Å². The molecule has 1 heterocycles. The van der Waals surface area contributed by atoms with Gasteiger partial charge in [0, 0.05) is 6.04 Å². The Morgan fingerprint density at radius 2 is 2.29 bits per heavy atom. The molecule has 0 aromatic carbocycles. The van der Waals surface area contributed by atoms with Gasteiger partial charge in [-0.25, -0.2) is 4.79 Å². The normalized spacial score (nSPS) is 10.3. The highest BCUT2D eigenvalue weighted by atomic mass is 32.1. The first-order valence-corrected chi connectivity index (χ1v) is 5.10. The molecule has 0 saturated heterocycles. The summed E-state index contributed by atoms with van der Waals surface area (Å²) in [4.78, 5) is 11.7. The number of esters is 1. The first kappa shape index (κ1) is 10.8. The number of hydrogen-bond acceptors (Lipinski definition) is 5. The molecule has 78 valence electrons. The predicted octanol–water partition coefficient (Wildman–Crippen LogP) is 1.94. The van der Waals surface area contributed by atoms with Crippen molar-refractivity contribution in [3.05, 3.63) is 10.9 Å². The maximum absolute atomic E-state index is 11.2. The number of ether oxygens (including phenoxy) is 1. The number of rotatable bonds is 3. The van der Waals surface area contributed by atoms with E-state index in [2.05, 4.69) is 10.1 Å². The zero-order chi connectivity index (χ0) is 10.7. The summed E-state index contributed by atoms with van der Waals surface area (Å²) >= 11 is 1.31. The predicted molar refractivity (Wildman–Crippen MR) is 58.8 cm³/mol. The highest BCUT2D eigenvalue weighted by Crippen LogP contribution is 2.29. The number of thiophene rings is 1. The summed E-state index contributed by atoms with van der Waals surface area (Å²) < 4.78 is 4.60. The van der Waals surface area contributed by atoms with Crippen molar-refractivity contribution in [2.45, 2.75) is 19.9 Å². The fourth-order valence-electron chi connectivity index (χ4n) is 1.01. The maximum Gasteiger partial charge on any atom is 0.350 e. The number of methoxy groups -OCH3 is 1. The SMILES string of the molecule is COC(=O)c1sc(NC(C)C)cc1N. The van der Waals surface area contributed by atoms with Gasteiger partial charge in [-0.1, -0.05) is 0 Å². The Morgan fingerprint density at radius 3 is 2.79 bits per heavy atom. The highest BCUT2D eigenvalue weighted by Gasteiger charge is 2.14. The van der Waals surface area contributed by atoms with Gasteiger partial charge < -0.3 is 15.8 Å². The van der Waals surface area contributed by atoms with Crippen molar-refractivity contribution >= 4 is 28.0 Å². The van der Waals surface area contributed by atoms with E-state index in [-0.39, 0.29) is 5.97 Å². The first-order chi connectivity index (χ1) is 6.54. The third kappa shape index (κ3) is 2.38. The van der Waals surface area contributed by atoms with Gasteiger partial charge in [0.2, 0.25) is 0 Å². The average molecular weight is 214 g/mol. The van der Waals surface area contributed by atoms with Crippen LogP contribution in [0.5, 0.6) is 0 Å². The highest BCUT2D eigenvalue weighted by molar-refractivity contribution is 7.18. The largest absolute Gasteiger partial charge is 0.465 e. The van der Waals surface area contributed by atoms with E-state index in [1.807, 2.05) is 13.8 Å². The molecule has 0 unspecified atom stereocenters. The van der Waals surface area contributed by atoms with Gasteiger partial charge in [0.25, 0.3) is 0 Å². The second-order valence-electron chi connectivity index (χ2n) is 3.19. The van der Waals surface area contributed by atoms with Crippen LogP contribution < -0.4 is 11.1 Å². The van der Waals surface area contributed by atoms with E-state index in [0.29, 0.717) is 16.6 Å². The van der Waals surface area contributed by atoms with Crippen LogP contribution in [-0.4, -0.2) is 19.1 Å². The van der Waals surface area contributed by atoms with Crippen LogP contribution in [0.2, 0.25) is 0 Å². The lowest BCUT2D eigenvalue weighted by Gasteiger charge is -2.05. The molecule has 1 aromatic heterocycles. The van der Waals surface area contributed by atoms with Crippen LogP contribution in [0.4, 0.5) is 10.7 Å². The van der Waals surface area contributed by atoms with Crippen LogP contribution in [0.25, 0.3) is 0 Å². The van der Waals surface area contributed by atoms with Gasteiger partial charge in [-0.05, 0) is 19.9 Å². The van der Waals surface area contributed by atoms with E-state index in [1.54, 1.807) is 6.07 Å². The van der Waals surface area contributed by atoms with E-state index in [4.69, 9.17) is 5.73 Å². The summed E-state index contributed by atoms with van der Waals surface area (Å²) in [5.74, 6) is -0.385. The van der Waals surface area contributed by atoms with Crippen molar-refractivity contribution in [3.63, 3.8) is 0 Å². The Bertz CT molecular complexity index is 334. The molecule has 14 heavy (non-hydrogen) atoms. The van der Waals surface area contributed by atoms with Crippen LogP contribution in [0.1, 0.15) is 23.5 Å². The first-order valence-electron chi connectivity index (χ1n) is 4.28. The Labute approximate surface area is 87.1 Å². The fourth-order valence-corrected chi connectivity index (χ4v) is 2.06. The third-order valence-corrected chi connectivity index (χ3v) is 2.62. The number of hydrogen-bond donors (Lipinski definition) is 2. The summed E-state index contributed by atoms with van der Waals surface area (Å²) in [6.45, 7) is 4.04. The number of nitrogens with one attached hydrogen (secondary N) is 1. The topological polar surface area (TPSA) is 64.3 Å². The van der Waals surface area contributed by atoms with E-state index < -0.39 is 0 Å². The maximum atomic E-state index is 11.2. The zero-order valence-electron chi connectivity index (χ0n) is 8.46. The van der Waals surface area contributed by atoms with E-state index in [0.717, 1.165) is 5.00 Å². The van der Waals surface area contributed by atoms with Crippen LogP contribution in [0, 0.1) is 0 Å². The minimum atomic E-state index is -0.385. The standard InChI is InChI=1S/C9H14N2O2S/c1-5(2)11-7-4-6(10)8(14-7)9(12)13-3/h4-5,11H,10H2,1-3H3. The molecule has 0 aliphatic rings. The van der Waals surface area contributed by atoms with Crippen molar-refractivity contribution in [1.29, 1.82) is 0 Å². The van der Waals surface area contributed by atoms with Gasteiger partial charge in [-0.3, -0.25) is 0 Å². The van der Waals surface area contributed by atoms with Crippen LogP contribution in [0.15, 0.2) is 6.07 Å². The Hall–Kier alpha value is -1.23. The molecular formula is C9H14N2O2S. The summed E-state index contributed by atoms with van der Waals surface area (Å²) in [6.07, 6.45) is 0. The fraction of sp³-hybridized carbons (Fsp3) is 0.444. The Morgan fingerprint density at radius 1 is 1.64 bits per heavy atom. The lowest BCUT2D eigenvalue weighted by atomic mass is 10.3. The molecule has 0 saturated carbocycles. The van der Waals surface area contributed by atoms with E-state index >= 15 is 0 Å². The van der Waals surface area contributed by atoms with E-state index in [1.165, 1.54) is 18.4 Å². The van der Waals surface area contributed by atoms with Crippen molar-refractivity contribution in [2.24, 2.45) is 0 Å². The molecule has 0 spiro atoms. The minimum Gasteiger partial charge on any atom is -0.465 e. The van der Waals surface area contributed by atoms with Crippen LogP contribution in [-0.2, 0) is 4.74 Å². The van der Waals surface area contributed by atoms with Crippen molar-refractivity contribution < 1.29 is 9.53 Å². The second kappa shape index (κ2) is 4.32. The number of anilines is 2. The number of carbonyl (C=O) groups is 1. The molecule has 3 N–H and O–H groups in total. The number of carbonyl (C=O) groups excluding carboxylic acids is 1. The molecule has 0 aliphatic heterocycles. The van der Waals surface area contributed by atoms with Gasteiger partial charge in [0.15, 0.2) is 0 Å². The lowest BCUT2D eigenvalue weighted by molar-refractivity contribution is 0.0607. The molecule has 5 heteroatoms. The number of nitrogens with two attached hydrogens (primary N) is 1. The minimum absolute atomic E-state index is 0.318. The third-order valence-electron chi connectivity index (χ3n) is 1.56. The Balaban J connectivity index is 2.87. The summed E-state index contributed by atoms with van der Waals surface area (Å²) in [6, 6.07) is 2.07. The van der Waals surface area contributed by atoms with Gasteiger partial charge in [-0.15, -0.1) is 11.3 Å². The smallest absolute Gasteiger partial charge is 0.350 e. The zero-order valence-corrected chi connectivity index (χ0v) is 9.27.